The molecule has 7 heteroatoms. The molecule has 0 spiro atoms. The van der Waals surface area contributed by atoms with Crippen molar-refractivity contribution in [2.24, 2.45) is 0 Å². The Morgan fingerprint density at radius 2 is 1.73 bits per heavy atom. The van der Waals surface area contributed by atoms with Crippen molar-refractivity contribution in [2.75, 3.05) is 25.0 Å². The van der Waals surface area contributed by atoms with Crippen molar-refractivity contribution in [3.05, 3.63) is 69.8 Å². The number of nitrogens with one attached hydrogen (secondary N) is 1. The van der Waals surface area contributed by atoms with Gasteiger partial charge in [-0.05, 0) is 19.2 Å². The number of nitro benzene ring substituents is 1. The standard InChI is InChI=1S/C19H21N3O4/c1-3-21(4-2)13-18(23)20-17-11-10-15(22(25)26)12-16(17)19(24)14-8-6-5-7-9-14/h5-12H,3-4,13H2,1-2H3,(H,20,23). The van der Waals surface area contributed by atoms with Gasteiger partial charge in [0.2, 0.25) is 5.91 Å². The largest absolute Gasteiger partial charge is 0.324 e. The smallest absolute Gasteiger partial charge is 0.270 e. The van der Waals surface area contributed by atoms with Crippen molar-refractivity contribution < 1.29 is 14.5 Å². The first kappa shape index (κ1) is 19.3. The summed E-state index contributed by atoms with van der Waals surface area (Å²) in [4.78, 5) is 37.5. The first-order valence-corrected chi connectivity index (χ1v) is 8.36. The van der Waals surface area contributed by atoms with Crippen LogP contribution in [0.4, 0.5) is 11.4 Å². The average Bonchev–Trinajstić information content (AvgIpc) is 2.66. The number of amides is 1. The van der Waals surface area contributed by atoms with Crippen LogP contribution in [0.15, 0.2) is 48.5 Å². The predicted octanol–water partition coefficient (Wildman–Crippen LogP) is 3.11. The number of carbonyl (C=O) groups excluding carboxylic acids is 2. The van der Waals surface area contributed by atoms with E-state index in [9.17, 15) is 19.7 Å². The Kier molecular flexibility index (Phi) is 6.57. The zero-order chi connectivity index (χ0) is 19.1. The summed E-state index contributed by atoms with van der Waals surface area (Å²) in [7, 11) is 0. The van der Waals surface area contributed by atoms with E-state index in [0.29, 0.717) is 5.56 Å². The van der Waals surface area contributed by atoms with E-state index in [1.165, 1.54) is 18.2 Å². The molecule has 2 aromatic rings. The number of hydrogen-bond donors (Lipinski definition) is 1. The van der Waals surface area contributed by atoms with E-state index in [1.54, 1.807) is 30.3 Å². The van der Waals surface area contributed by atoms with E-state index < -0.39 is 4.92 Å². The molecule has 2 aromatic carbocycles. The number of anilines is 1. The summed E-state index contributed by atoms with van der Waals surface area (Å²) in [6.45, 7) is 5.53. The van der Waals surface area contributed by atoms with E-state index in [2.05, 4.69) is 5.32 Å². The minimum absolute atomic E-state index is 0.0956. The van der Waals surface area contributed by atoms with Gasteiger partial charge in [0.1, 0.15) is 0 Å². The molecule has 0 aromatic heterocycles. The number of hydrogen-bond acceptors (Lipinski definition) is 5. The third-order valence-electron chi connectivity index (χ3n) is 4.03. The van der Waals surface area contributed by atoms with E-state index >= 15 is 0 Å². The van der Waals surface area contributed by atoms with Gasteiger partial charge in [-0.25, -0.2) is 0 Å². The van der Waals surface area contributed by atoms with Gasteiger partial charge in [-0.3, -0.25) is 24.6 Å². The van der Waals surface area contributed by atoms with E-state index in [0.717, 1.165) is 13.1 Å². The highest BCUT2D eigenvalue weighted by Gasteiger charge is 2.20. The van der Waals surface area contributed by atoms with Crippen LogP contribution in [0.5, 0.6) is 0 Å². The fourth-order valence-corrected chi connectivity index (χ4v) is 2.53. The molecular formula is C19H21N3O4. The van der Waals surface area contributed by atoms with Gasteiger partial charge in [0.15, 0.2) is 5.78 Å². The second kappa shape index (κ2) is 8.87. The Morgan fingerprint density at radius 1 is 1.08 bits per heavy atom. The molecule has 0 saturated heterocycles. The lowest BCUT2D eigenvalue weighted by Crippen LogP contribution is -2.33. The highest BCUT2D eigenvalue weighted by Crippen LogP contribution is 2.25. The lowest BCUT2D eigenvalue weighted by Gasteiger charge is -2.18. The number of carbonyl (C=O) groups is 2. The number of benzene rings is 2. The molecule has 0 unspecified atom stereocenters. The van der Waals surface area contributed by atoms with Crippen LogP contribution < -0.4 is 5.32 Å². The normalized spacial score (nSPS) is 10.6. The van der Waals surface area contributed by atoms with Crippen LogP contribution in [-0.2, 0) is 4.79 Å². The molecular weight excluding hydrogens is 334 g/mol. The van der Waals surface area contributed by atoms with Crippen LogP contribution in [0, 0.1) is 10.1 Å². The molecule has 136 valence electrons. The summed E-state index contributed by atoms with van der Waals surface area (Å²) >= 11 is 0. The predicted molar refractivity (Wildman–Crippen MR) is 99.4 cm³/mol. The van der Waals surface area contributed by atoms with E-state index in [1.807, 2.05) is 18.7 Å². The van der Waals surface area contributed by atoms with Gasteiger partial charge in [0, 0.05) is 17.7 Å². The molecule has 0 aliphatic carbocycles. The number of non-ortho nitro benzene ring substituents is 1. The summed E-state index contributed by atoms with van der Waals surface area (Å²) in [5.74, 6) is -0.655. The van der Waals surface area contributed by atoms with Gasteiger partial charge in [-0.1, -0.05) is 44.2 Å². The molecule has 0 fully saturated rings. The Hall–Kier alpha value is -3.06. The van der Waals surface area contributed by atoms with Gasteiger partial charge in [0.05, 0.1) is 22.7 Å². The van der Waals surface area contributed by atoms with Crippen LogP contribution in [-0.4, -0.2) is 41.1 Å². The lowest BCUT2D eigenvalue weighted by molar-refractivity contribution is -0.384. The number of likely N-dealkylation sites (N-methyl/N-ethyl adjacent to an activating group) is 1. The Bertz CT molecular complexity index is 802. The zero-order valence-electron chi connectivity index (χ0n) is 14.8. The molecule has 1 N–H and O–H groups in total. The summed E-state index contributed by atoms with van der Waals surface area (Å²) in [5, 5.41) is 13.8. The van der Waals surface area contributed by atoms with Gasteiger partial charge < -0.3 is 5.32 Å². The van der Waals surface area contributed by atoms with Crippen molar-refractivity contribution >= 4 is 23.1 Å². The molecule has 0 bridgehead atoms. The monoisotopic (exact) mass is 355 g/mol. The molecule has 0 radical (unpaired) electrons. The summed E-state index contributed by atoms with van der Waals surface area (Å²) in [5.41, 5.74) is 0.554. The first-order valence-electron chi connectivity index (χ1n) is 8.36. The highest BCUT2D eigenvalue weighted by molar-refractivity contribution is 6.14. The number of nitro groups is 1. The maximum atomic E-state index is 12.8. The quantitative estimate of drug-likeness (QED) is 0.446. The summed E-state index contributed by atoms with van der Waals surface area (Å²) < 4.78 is 0. The second-order valence-electron chi connectivity index (χ2n) is 5.69. The Balaban J connectivity index is 2.35. The number of rotatable bonds is 8. The SMILES string of the molecule is CCN(CC)CC(=O)Nc1ccc([N+](=O)[O-])cc1C(=O)c1ccccc1. The van der Waals surface area contributed by atoms with Crippen LogP contribution in [0.2, 0.25) is 0 Å². The van der Waals surface area contributed by atoms with Crippen molar-refractivity contribution in [3.63, 3.8) is 0 Å². The number of ketones is 1. The summed E-state index contributed by atoms with van der Waals surface area (Å²) in [6, 6.07) is 12.3. The van der Waals surface area contributed by atoms with Gasteiger partial charge in [-0.2, -0.15) is 0 Å². The lowest BCUT2D eigenvalue weighted by atomic mass is 10.0. The topological polar surface area (TPSA) is 92.6 Å². The van der Waals surface area contributed by atoms with E-state index in [4.69, 9.17) is 0 Å². The molecule has 0 heterocycles. The second-order valence-corrected chi connectivity index (χ2v) is 5.69. The minimum Gasteiger partial charge on any atom is -0.324 e. The minimum atomic E-state index is -0.566. The van der Waals surface area contributed by atoms with Gasteiger partial charge in [0.25, 0.3) is 5.69 Å². The summed E-state index contributed by atoms with van der Waals surface area (Å²) in [6.07, 6.45) is 0. The van der Waals surface area contributed by atoms with Crippen LogP contribution in [0.1, 0.15) is 29.8 Å². The van der Waals surface area contributed by atoms with Crippen LogP contribution in [0.25, 0.3) is 0 Å². The third-order valence-corrected chi connectivity index (χ3v) is 4.03. The first-order chi connectivity index (χ1) is 12.5. The van der Waals surface area contributed by atoms with Crippen molar-refractivity contribution in [2.45, 2.75) is 13.8 Å². The van der Waals surface area contributed by atoms with Crippen LogP contribution in [0.3, 0.4) is 0 Å². The molecule has 0 atom stereocenters. The molecule has 2 rings (SSSR count). The average molecular weight is 355 g/mol. The highest BCUT2D eigenvalue weighted by atomic mass is 16.6. The maximum absolute atomic E-state index is 12.8. The molecule has 0 saturated carbocycles. The Morgan fingerprint density at radius 3 is 2.31 bits per heavy atom. The molecule has 1 amide bonds. The van der Waals surface area contributed by atoms with Crippen molar-refractivity contribution in [1.82, 2.24) is 4.90 Å². The van der Waals surface area contributed by atoms with Crippen LogP contribution >= 0.6 is 0 Å². The molecule has 0 aliphatic heterocycles. The third kappa shape index (κ3) is 4.73. The van der Waals surface area contributed by atoms with Crippen molar-refractivity contribution in [3.8, 4) is 0 Å². The van der Waals surface area contributed by atoms with Gasteiger partial charge >= 0.3 is 0 Å². The fraction of sp³-hybridized carbons (Fsp3) is 0.263. The molecule has 7 nitrogen and oxygen atoms in total. The fourth-order valence-electron chi connectivity index (χ4n) is 2.53. The van der Waals surface area contributed by atoms with E-state index in [-0.39, 0.29) is 35.2 Å². The molecule has 0 aliphatic rings. The Labute approximate surface area is 151 Å². The molecule has 26 heavy (non-hydrogen) atoms. The zero-order valence-corrected chi connectivity index (χ0v) is 14.8. The van der Waals surface area contributed by atoms with Gasteiger partial charge in [-0.15, -0.1) is 0 Å². The van der Waals surface area contributed by atoms with Crippen molar-refractivity contribution in [1.29, 1.82) is 0 Å². The number of nitrogens with zero attached hydrogens (tertiary/aromatic N) is 2. The maximum Gasteiger partial charge on any atom is 0.270 e.